The summed E-state index contributed by atoms with van der Waals surface area (Å²) in [5, 5.41) is 0. The van der Waals surface area contributed by atoms with Gasteiger partial charge in [-0.3, -0.25) is 4.99 Å². The SMILES string of the molecule is C=CN(C=NC)c1cccc(C(C)C)c1. The molecule has 0 aromatic heterocycles. The van der Waals surface area contributed by atoms with Gasteiger partial charge >= 0.3 is 0 Å². The van der Waals surface area contributed by atoms with Crippen LogP contribution in [0.5, 0.6) is 0 Å². The topological polar surface area (TPSA) is 15.6 Å². The molecule has 0 atom stereocenters. The second-order valence-electron chi connectivity index (χ2n) is 3.71. The van der Waals surface area contributed by atoms with Crippen LogP contribution in [-0.4, -0.2) is 13.4 Å². The van der Waals surface area contributed by atoms with Gasteiger partial charge in [-0.15, -0.1) is 0 Å². The first-order chi connectivity index (χ1) is 7.19. The zero-order chi connectivity index (χ0) is 11.3. The molecule has 0 N–H and O–H groups in total. The molecule has 0 spiro atoms. The first-order valence-electron chi connectivity index (χ1n) is 5.12. The summed E-state index contributed by atoms with van der Waals surface area (Å²) in [7, 11) is 1.75. The molecule has 0 aliphatic carbocycles. The maximum absolute atomic E-state index is 3.99. The summed E-state index contributed by atoms with van der Waals surface area (Å²) in [4.78, 5) is 5.90. The highest BCUT2D eigenvalue weighted by Crippen LogP contribution is 2.20. The van der Waals surface area contributed by atoms with Gasteiger partial charge in [-0.1, -0.05) is 32.6 Å². The number of hydrogen-bond donors (Lipinski definition) is 0. The third kappa shape index (κ3) is 2.94. The molecule has 15 heavy (non-hydrogen) atoms. The molecule has 2 heteroatoms. The maximum atomic E-state index is 3.99. The lowest BCUT2D eigenvalue weighted by molar-refractivity contribution is 0.866. The smallest absolute Gasteiger partial charge is 0.0931 e. The van der Waals surface area contributed by atoms with Crippen LogP contribution in [-0.2, 0) is 0 Å². The zero-order valence-corrected chi connectivity index (χ0v) is 9.64. The minimum Gasteiger partial charge on any atom is -0.309 e. The lowest BCUT2D eigenvalue weighted by Gasteiger charge is -2.16. The minimum atomic E-state index is 0.537. The molecular weight excluding hydrogens is 184 g/mol. The Labute approximate surface area is 92.0 Å². The van der Waals surface area contributed by atoms with Crippen molar-refractivity contribution in [2.75, 3.05) is 11.9 Å². The molecule has 1 aromatic rings. The largest absolute Gasteiger partial charge is 0.309 e. The molecule has 0 amide bonds. The Morgan fingerprint density at radius 3 is 2.67 bits per heavy atom. The van der Waals surface area contributed by atoms with Gasteiger partial charge in [-0.25, -0.2) is 0 Å². The summed E-state index contributed by atoms with van der Waals surface area (Å²) in [5.41, 5.74) is 2.42. The summed E-state index contributed by atoms with van der Waals surface area (Å²) in [6.45, 7) is 8.14. The summed E-state index contributed by atoms with van der Waals surface area (Å²) >= 11 is 0. The van der Waals surface area contributed by atoms with Crippen LogP contribution in [0.4, 0.5) is 5.69 Å². The van der Waals surface area contributed by atoms with Crippen molar-refractivity contribution >= 4 is 12.0 Å². The first-order valence-corrected chi connectivity index (χ1v) is 5.12. The Kier molecular flexibility index (Phi) is 4.10. The van der Waals surface area contributed by atoms with Gasteiger partial charge in [0, 0.05) is 18.9 Å². The molecule has 0 heterocycles. The van der Waals surface area contributed by atoms with Crippen molar-refractivity contribution < 1.29 is 0 Å². The lowest BCUT2D eigenvalue weighted by Crippen LogP contribution is -2.12. The Balaban J connectivity index is 3.02. The van der Waals surface area contributed by atoms with E-state index in [-0.39, 0.29) is 0 Å². The fourth-order valence-corrected chi connectivity index (χ4v) is 1.39. The fraction of sp³-hybridized carbons (Fsp3) is 0.308. The average molecular weight is 202 g/mol. The van der Waals surface area contributed by atoms with Crippen molar-refractivity contribution in [3.63, 3.8) is 0 Å². The van der Waals surface area contributed by atoms with Crippen LogP contribution in [0.25, 0.3) is 0 Å². The standard InChI is InChI=1S/C13H18N2/c1-5-15(10-14-4)13-8-6-7-12(9-13)11(2)3/h5-11H,1H2,2-4H3. The maximum Gasteiger partial charge on any atom is 0.0931 e. The van der Waals surface area contributed by atoms with E-state index in [0.717, 1.165) is 5.69 Å². The molecule has 0 fully saturated rings. The molecule has 1 rings (SSSR count). The van der Waals surface area contributed by atoms with Gasteiger partial charge in [0.2, 0.25) is 0 Å². The van der Waals surface area contributed by atoms with Crippen LogP contribution in [0.2, 0.25) is 0 Å². The number of benzene rings is 1. The molecule has 0 bridgehead atoms. The van der Waals surface area contributed by atoms with Crippen LogP contribution in [0.15, 0.2) is 42.0 Å². The zero-order valence-electron chi connectivity index (χ0n) is 9.64. The van der Waals surface area contributed by atoms with Crippen molar-refractivity contribution in [1.82, 2.24) is 0 Å². The van der Waals surface area contributed by atoms with Gasteiger partial charge in [-0.2, -0.15) is 0 Å². The van der Waals surface area contributed by atoms with Crippen molar-refractivity contribution in [3.8, 4) is 0 Å². The van der Waals surface area contributed by atoms with Gasteiger partial charge in [0.05, 0.1) is 6.34 Å². The molecule has 1 aromatic carbocycles. The Hall–Kier alpha value is -1.57. The second-order valence-corrected chi connectivity index (χ2v) is 3.71. The minimum absolute atomic E-state index is 0.537. The van der Waals surface area contributed by atoms with Gasteiger partial charge in [0.1, 0.15) is 0 Å². The molecule has 0 unspecified atom stereocenters. The predicted molar refractivity (Wildman–Crippen MR) is 67.6 cm³/mol. The Morgan fingerprint density at radius 1 is 1.40 bits per heavy atom. The van der Waals surface area contributed by atoms with Crippen molar-refractivity contribution in [2.45, 2.75) is 19.8 Å². The highest BCUT2D eigenvalue weighted by atomic mass is 15.1. The van der Waals surface area contributed by atoms with Gasteiger partial charge in [-0.05, 0) is 23.6 Å². The van der Waals surface area contributed by atoms with E-state index in [1.165, 1.54) is 5.56 Å². The number of rotatable bonds is 4. The summed E-state index contributed by atoms with van der Waals surface area (Å²) < 4.78 is 0. The number of hydrogen-bond acceptors (Lipinski definition) is 1. The molecule has 80 valence electrons. The van der Waals surface area contributed by atoms with Crippen LogP contribution in [0, 0.1) is 0 Å². The Morgan fingerprint density at radius 2 is 2.13 bits per heavy atom. The van der Waals surface area contributed by atoms with Crippen LogP contribution in [0.1, 0.15) is 25.3 Å². The van der Waals surface area contributed by atoms with Crippen LogP contribution >= 0.6 is 0 Å². The molecule has 0 saturated heterocycles. The molecule has 0 saturated carbocycles. The van der Waals surface area contributed by atoms with E-state index in [1.807, 2.05) is 4.90 Å². The van der Waals surface area contributed by atoms with Crippen LogP contribution < -0.4 is 4.90 Å². The van der Waals surface area contributed by atoms with Crippen molar-refractivity contribution in [3.05, 3.63) is 42.6 Å². The highest BCUT2D eigenvalue weighted by Gasteiger charge is 2.03. The molecule has 0 aliphatic rings. The summed E-state index contributed by atoms with van der Waals surface area (Å²) in [6, 6.07) is 8.41. The van der Waals surface area contributed by atoms with E-state index in [4.69, 9.17) is 0 Å². The fourth-order valence-electron chi connectivity index (χ4n) is 1.39. The second kappa shape index (κ2) is 5.35. The first kappa shape index (κ1) is 11.5. The van der Waals surface area contributed by atoms with E-state index in [1.54, 1.807) is 19.6 Å². The molecule has 0 radical (unpaired) electrons. The predicted octanol–water partition coefficient (Wildman–Crippen LogP) is 3.42. The third-order valence-corrected chi connectivity index (χ3v) is 2.27. The van der Waals surface area contributed by atoms with Gasteiger partial charge in [0.25, 0.3) is 0 Å². The Bertz CT molecular complexity index is 353. The molecule has 0 aliphatic heterocycles. The quantitative estimate of drug-likeness (QED) is 0.539. The molecule has 2 nitrogen and oxygen atoms in total. The normalized spacial score (nSPS) is 10.9. The van der Waals surface area contributed by atoms with E-state index in [9.17, 15) is 0 Å². The lowest BCUT2D eigenvalue weighted by atomic mass is 10.0. The van der Waals surface area contributed by atoms with Gasteiger partial charge < -0.3 is 4.90 Å². The average Bonchev–Trinajstić information content (AvgIpc) is 2.26. The third-order valence-electron chi connectivity index (χ3n) is 2.27. The van der Waals surface area contributed by atoms with Gasteiger partial charge in [0.15, 0.2) is 0 Å². The van der Waals surface area contributed by atoms with E-state index in [0.29, 0.717) is 5.92 Å². The van der Waals surface area contributed by atoms with Crippen molar-refractivity contribution in [1.29, 1.82) is 0 Å². The summed E-state index contributed by atoms with van der Waals surface area (Å²) in [5.74, 6) is 0.537. The van der Waals surface area contributed by atoms with Crippen molar-refractivity contribution in [2.24, 2.45) is 4.99 Å². The molecular formula is C13H18N2. The van der Waals surface area contributed by atoms with E-state index < -0.39 is 0 Å². The van der Waals surface area contributed by atoms with E-state index >= 15 is 0 Å². The summed E-state index contributed by atoms with van der Waals surface area (Å²) in [6.07, 6.45) is 3.51. The monoisotopic (exact) mass is 202 g/mol. The van der Waals surface area contributed by atoms with Crippen LogP contribution in [0.3, 0.4) is 0 Å². The number of anilines is 1. The highest BCUT2D eigenvalue weighted by molar-refractivity contribution is 5.81. The number of nitrogens with zero attached hydrogens (tertiary/aromatic N) is 2. The number of aliphatic imine (C=N–C) groups is 1. The van der Waals surface area contributed by atoms with E-state index in [2.05, 4.69) is 49.7 Å².